The van der Waals surface area contributed by atoms with Gasteiger partial charge in [0, 0.05) is 30.5 Å². The molecule has 4 aliphatic rings. The van der Waals surface area contributed by atoms with Crippen LogP contribution in [0.4, 0.5) is 4.79 Å². The van der Waals surface area contributed by atoms with Crippen molar-refractivity contribution in [3.63, 3.8) is 0 Å². The van der Waals surface area contributed by atoms with Crippen molar-refractivity contribution in [1.82, 2.24) is 10.2 Å². The molecule has 2 aromatic rings. The fraction of sp³-hybridized carbons (Fsp3) is 0.464. The monoisotopic (exact) mass is 474 g/mol. The summed E-state index contributed by atoms with van der Waals surface area (Å²) in [6, 6.07) is 16.1. The average molecular weight is 475 g/mol. The van der Waals surface area contributed by atoms with Gasteiger partial charge in [-0.15, -0.1) is 0 Å². The molecule has 2 N–H and O–H groups in total. The Kier molecular flexibility index (Phi) is 5.31. The first-order valence-electron chi connectivity index (χ1n) is 12.6. The van der Waals surface area contributed by atoms with Gasteiger partial charge in [0.2, 0.25) is 5.91 Å². The lowest BCUT2D eigenvalue weighted by Gasteiger charge is -2.25. The number of hydrogen-bond acceptors (Lipinski definition) is 4. The number of benzene rings is 2. The Morgan fingerprint density at radius 1 is 1.00 bits per heavy atom. The standard InChI is InChI=1S/C28H30N2O5/c31-25(30-14-23(26(32)33)28(16-30)12-13-28)21-10-5-11-24(21)29-27(34)35-15-22-19-8-3-1-6-17(19)18-7-2-4-9-20(18)22/h1-4,6-9,21-24H,5,10-16H2,(H,29,34)(H,32,33)/t21-,23?,24+/m1/s1. The number of nitrogens with zero attached hydrogens (tertiary/aromatic N) is 1. The molecule has 1 unspecified atom stereocenters. The van der Waals surface area contributed by atoms with Crippen LogP contribution in [0.1, 0.15) is 49.1 Å². The SMILES string of the molecule is O=C(N[C@H]1CCC[C@H]1C(=O)N1CC(C(=O)O)C2(CC2)C1)OCC1c2ccccc2-c2ccccc21. The summed E-state index contributed by atoms with van der Waals surface area (Å²) in [6.07, 6.45) is 3.53. The van der Waals surface area contributed by atoms with Crippen LogP contribution < -0.4 is 5.32 Å². The summed E-state index contributed by atoms with van der Waals surface area (Å²) in [5.41, 5.74) is 4.45. The van der Waals surface area contributed by atoms with Crippen LogP contribution in [0.15, 0.2) is 48.5 Å². The number of rotatable bonds is 5. The van der Waals surface area contributed by atoms with Gasteiger partial charge in [-0.3, -0.25) is 9.59 Å². The van der Waals surface area contributed by atoms with Crippen molar-refractivity contribution >= 4 is 18.0 Å². The normalized spacial score (nSPS) is 25.8. The fourth-order valence-corrected chi connectivity index (χ4v) is 6.60. The third kappa shape index (κ3) is 3.77. The summed E-state index contributed by atoms with van der Waals surface area (Å²) in [6.45, 7) is 1.04. The minimum Gasteiger partial charge on any atom is -0.481 e. The predicted molar refractivity (Wildman–Crippen MR) is 129 cm³/mol. The first-order valence-corrected chi connectivity index (χ1v) is 12.6. The first-order chi connectivity index (χ1) is 17.0. The Balaban J connectivity index is 1.09. The van der Waals surface area contributed by atoms with E-state index in [0.717, 1.165) is 36.8 Å². The van der Waals surface area contributed by atoms with E-state index in [-0.39, 0.29) is 42.4 Å². The molecule has 7 heteroatoms. The summed E-state index contributed by atoms with van der Waals surface area (Å²) in [7, 11) is 0. The second-order valence-corrected chi connectivity index (χ2v) is 10.6. The van der Waals surface area contributed by atoms with Crippen molar-refractivity contribution in [2.45, 2.75) is 44.1 Å². The number of carboxylic acids is 1. The number of alkyl carbamates (subject to hydrolysis) is 1. The number of likely N-dealkylation sites (tertiary alicyclic amines) is 1. The summed E-state index contributed by atoms with van der Waals surface area (Å²) < 4.78 is 5.69. The molecule has 1 heterocycles. The number of hydrogen-bond donors (Lipinski definition) is 2. The molecule has 2 aromatic carbocycles. The number of carboxylic acid groups (broad SMARTS) is 1. The third-order valence-electron chi connectivity index (χ3n) is 8.63. The van der Waals surface area contributed by atoms with Crippen molar-refractivity contribution in [1.29, 1.82) is 0 Å². The molecule has 1 saturated heterocycles. The highest BCUT2D eigenvalue weighted by atomic mass is 16.5. The maximum absolute atomic E-state index is 13.3. The molecule has 3 fully saturated rings. The molecule has 6 rings (SSSR count). The largest absolute Gasteiger partial charge is 0.481 e. The molecule has 2 saturated carbocycles. The van der Waals surface area contributed by atoms with Gasteiger partial charge in [-0.1, -0.05) is 55.0 Å². The Labute approximate surface area is 204 Å². The number of aliphatic carboxylic acids is 1. The number of nitrogens with one attached hydrogen (secondary N) is 1. The van der Waals surface area contributed by atoms with Crippen LogP contribution in [-0.4, -0.2) is 53.7 Å². The van der Waals surface area contributed by atoms with E-state index in [4.69, 9.17) is 4.74 Å². The lowest BCUT2D eigenvalue weighted by atomic mass is 9.93. The van der Waals surface area contributed by atoms with Crippen LogP contribution in [0.2, 0.25) is 0 Å². The molecule has 1 aliphatic heterocycles. The Morgan fingerprint density at radius 2 is 1.66 bits per heavy atom. The minimum absolute atomic E-state index is 0.0126. The highest BCUT2D eigenvalue weighted by Crippen LogP contribution is 2.56. The topological polar surface area (TPSA) is 95.9 Å². The van der Waals surface area contributed by atoms with Crippen LogP contribution in [-0.2, 0) is 14.3 Å². The van der Waals surface area contributed by atoms with E-state index in [1.54, 1.807) is 4.90 Å². The summed E-state index contributed by atoms with van der Waals surface area (Å²) in [4.78, 5) is 39.5. The molecule has 35 heavy (non-hydrogen) atoms. The minimum atomic E-state index is -0.808. The smallest absolute Gasteiger partial charge is 0.407 e. The van der Waals surface area contributed by atoms with E-state index in [1.165, 1.54) is 11.1 Å². The maximum Gasteiger partial charge on any atom is 0.407 e. The lowest BCUT2D eigenvalue weighted by Crippen LogP contribution is -2.45. The van der Waals surface area contributed by atoms with Crippen LogP contribution >= 0.6 is 0 Å². The van der Waals surface area contributed by atoms with E-state index < -0.39 is 18.0 Å². The summed E-state index contributed by atoms with van der Waals surface area (Å²) >= 11 is 0. The van der Waals surface area contributed by atoms with Gasteiger partial charge < -0.3 is 20.1 Å². The van der Waals surface area contributed by atoms with E-state index >= 15 is 0 Å². The zero-order valence-corrected chi connectivity index (χ0v) is 19.6. The van der Waals surface area contributed by atoms with Gasteiger partial charge in [-0.2, -0.15) is 0 Å². The molecular weight excluding hydrogens is 444 g/mol. The van der Waals surface area contributed by atoms with Crippen LogP contribution in [0, 0.1) is 17.3 Å². The maximum atomic E-state index is 13.3. The molecule has 7 nitrogen and oxygen atoms in total. The zero-order chi connectivity index (χ0) is 24.2. The van der Waals surface area contributed by atoms with E-state index in [1.807, 2.05) is 24.3 Å². The van der Waals surface area contributed by atoms with Gasteiger partial charge in [0.05, 0.1) is 11.8 Å². The number of carbonyl (C=O) groups is 3. The molecule has 3 aliphatic carbocycles. The van der Waals surface area contributed by atoms with Crippen molar-refractivity contribution < 1.29 is 24.2 Å². The molecule has 0 radical (unpaired) electrons. The van der Waals surface area contributed by atoms with E-state index in [2.05, 4.69) is 29.6 Å². The highest BCUT2D eigenvalue weighted by Gasteiger charge is 2.59. The molecule has 3 atom stereocenters. The Bertz CT molecular complexity index is 1140. The Hall–Kier alpha value is -3.35. The molecule has 182 valence electrons. The number of ether oxygens (including phenoxy) is 1. The molecule has 2 amide bonds. The summed E-state index contributed by atoms with van der Waals surface area (Å²) in [5, 5.41) is 12.5. The molecule has 0 bridgehead atoms. The third-order valence-corrected chi connectivity index (χ3v) is 8.63. The van der Waals surface area contributed by atoms with Crippen LogP contribution in [0.25, 0.3) is 11.1 Å². The van der Waals surface area contributed by atoms with Gasteiger partial charge >= 0.3 is 12.1 Å². The van der Waals surface area contributed by atoms with Crippen LogP contribution in [0.5, 0.6) is 0 Å². The number of carbonyl (C=O) groups excluding carboxylic acids is 2. The predicted octanol–water partition coefficient (Wildman–Crippen LogP) is 4.02. The second-order valence-electron chi connectivity index (χ2n) is 10.6. The fourth-order valence-electron chi connectivity index (χ4n) is 6.60. The first kappa shape index (κ1) is 22.1. The van der Waals surface area contributed by atoms with Crippen molar-refractivity contribution in [3.8, 4) is 11.1 Å². The summed E-state index contributed by atoms with van der Waals surface area (Å²) in [5.74, 6) is -1.64. The quantitative estimate of drug-likeness (QED) is 0.683. The Morgan fingerprint density at radius 3 is 2.26 bits per heavy atom. The van der Waals surface area contributed by atoms with Crippen molar-refractivity contribution in [2.75, 3.05) is 19.7 Å². The second kappa shape index (κ2) is 8.40. The van der Waals surface area contributed by atoms with Gasteiger partial charge in [0.15, 0.2) is 0 Å². The zero-order valence-electron chi connectivity index (χ0n) is 19.6. The number of amides is 2. The average Bonchev–Trinajstić information content (AvgIpc) is 3.18. The highest BCUT2D eigenvalue weighted by molar-refractivity contribution is 5.83. The molecule has 0 aromatic heterocycles. The molecular formula is C28H30N2O5. The van der Waals surface area contributed by atoms with Gasteiger partial charge in [-0.05, 0) is 47.9 Å². The van der Waals surface area contributed by atoms with E-state index in [0.29, 0.717) is 13.0 Å². The van der Waals surface area contributed by atoms with Gasteiger partial charge in [0.1, 0.15) is 6.61 Å². The number of fused-ring (bicyclic) bond motifs is 3. The molecule has 1 spiro atoms. The van der Waals surface area contributed by atoms with Gasteiger partial charge in [0.25, 0.3) is 0 Å². The van der Waals surface area contributed by atoms with Crippen molar-refractivity contribution in [2.24, 2.45) is 17.3 Å². The van der Waals surface area contributed by atoms with Gasteiger partial charge in [-0.25, -0.2) is 4.79 Å². The lowest BCUT2D eigenvalue weighted by molar-refractivity contribution is -0.143. The van der Waals surface area contributed by atoms with E-state index in [9.17, 15) is 19.5 Å². The van der Waals surface area contributed by atoms with Crippen LogP contribution in [0.3, 0.4) is 0 Å². The van der Waals surface area contributed by atoms with Crippen molar-refractivity contribution in [3.05, 3.63) is 59.7 Å².